The van der Waals surface area contributed by atoms with Gasteiger partial charge in [0.05, 0.1) is 17.8 Å². The molecule has 0 aromatic carbocycles. The fourth-order valence-corrected chi connectivity index (χ4v) is 2.92. The third-order valence-electron chi connectivity index (χ3n) is 3.91. The summed E-state index contributed by atoms with van der Waals surface area (Å²) < 4.78 is 5.96. The summed E-state index contributed by atoms with van der Waals surface area (Å²) >= 11 is 3.36. The van der Waals surface area contributed by atoms with Crippen molar-refractivity contribution in [2.75, 3.05) is 38.2 Å². The van der Waals surface area contributed by atoms with Gasteiger partial charge < -0.3 is 14.5 Å². The number of nitrogens with zero attached hydrogens (tertiary/aromatic N) is 4. The highest BCUT2D eigenvalue weighted by Gasteiger charge is 2.34. The van der Waals surface area contributed by atoms with E-state index in [4.69, 9.17) is 4.74 Å². The number of methoxy groups -OCH3 is 1. The molecule has 1 amide bonds. The van der Waals surface area contributed by atoms with E-state index in [0.717, 1.165) is 49.9 Å². The van der Waals surface area contributed by atoms with E-state index in [9.17, 15) is 4.79 Å². The molecule has 1 aromatic rings. The maximum Gasteiger partial charge on any atom is 0.232 e. The normalized spacial score (nSPS) is 19.3. The Hall–Kier alpha value is -1.37. The molecule has 0 N–H and O–H groups in total. The van der Waals surface area contributed by atoms with Crippen molar-refractivity contribution >= 4 is 27.8 Å². The van der Waals surface area contributed by atoms with Crippen LogP contribution in [0, 0.1) is 5.92 Å². The number of aromatic nitrogens is 2. The van der Waals surface area contributed by atoms with E-state index < -0.39 is 0 Å². The molecule has 1 aliphatic heterocycles. The zero-order valence-corrected chi connectivity index (χ0v) is 13.7. The van der Waals surface area contributed by atoms with Crippen molar-refractivity contribution in [3.63, 3.8) is 0 Å². The largest absolute Gasteiger partial charge is 0.480 e. The number of ether oxygens (including phenoxy) is 1. The SMILES string of the molecule is COc1nc(N2CCCN(C(=O)C3CC3)CC2)ncc1Br. The Bertz CT molecular complexity index is 536. The van der Waals surface area contributed by atoms with Crippen LogP contribution in [0.4, 0.5) is 5.95 Å². The minimum Gasteiger partial charge on any atom is -0.480 e. The van der Waals surface area contributed by atoms with E-state index in [-0.39, 0.29) is 0 Å². The van der Waals surface area contributed by atoms with Gasteiger partial charge in [-0.3, -0.25) is 4.79 Å². The second-order valence-corrected chi connectivity index (χ2v) is 6.32. The lowest BCUT2D eigenvalue weighted by Crippen LogP contribution is -2.36. The van der Waals surface area contributed by atoms with Crippen LogP contribution in [0.15, 0.2) is 10.7 Å². The summed E-state index contributed by atoms with van der Waals surface area (Å²) in [6.07, 6.45) is 4.78. The number of rotatable bonds is 3. The minimum atomic E-state index is 0.292. The predicted octanol–water partition coefficient (Wildman–Crippen LogP) is 1.70. The van der Waals surface area contributed by atoms with Crippen molar-refractivity contribution in [3.05, 3.63) is 10.7 Å². The number of carbonyl (C=O) groups excluding carboxylic acids is 1. The molecule has 2 fully saturated rings. The standard InChI is InChI=1S/C14H19BrN4O2/c1-21-12-11(15)9-16-14(17-12)19-6-2-5-18(7-8-19)13(20)10-3-4-10/h9-10H,2-8H2,1H3. The van der Waals surface area contributed by atoms with Gasteiger partial charge >= 0.3 is 0 Å². The predicted molar refractivity (Wildman–Crippen MR) is 82.4 cm³/mol. The van der Waals surface area contributed by atoms with Crippen LogP contribution in [0.3, 0.4) is 0 Å². The summed E-state index contributed by atoms with van der Waals surface area (Å²) in [5, 5.41) is 0. The van der Waals surface area contributed by atoms with Gasteiger partial charge in [0, 0.05) is 32.1 Å². The summed E-state index contributed by atoms with van der Waals surface area (Å²) in [5.41, 5.74) is 0. The van der Waals surface area contributed by atoms with Crippen LogP contribution >= 0.6 is 15.9 Å². The van der Waals surface area contributed by atoms with Crippen molar-refractivity contribution in [3.8, 4) is 5.88 Å². The number of hydrogen-bond donors (Lipinski definition) is 0. The van der Waals surface area contributed by atoms with E-state index in [1.807, 2.05) is 4.90 Å². The smallest absolute Gasteiger partial charge is 0.232 e. The quantitative estimate of drug-likeness (QED) is 0.826. The molecule has 21 heavy (non-hydrogen) atoms. The van der Waals surface area contributed by atoms with Crippen molar-refractivity contribution in [1.82, 2.24) is 14.9 Å². The molecule has 0 spiro atoms. The average Bonchev–Trinajstić information content (AvgIpc) is 3.33. The van der Waals surface area contributed by atoms with Gasteiger partial charge in [-0.2, -0.15) is 4.98 Å². The summed E-state index contributed by atoms with van der Waals surface area (Å²) in [7, 11) is 1.59. The average molecular weight is 355 g/mol. The molecule has 0 unspecified atom stereocenters. The molecular weight excluding hydrogens is 336 g/mol. The Morgan fingerprint density at radius 2 is 2.14 bits per heavy atom. The first kappa shape index (κ1) is 14.6. The molecule has 3 rings (SSSR count). The van der Waals surface area contributed by atoms with Crippen LogP contribution in [0.5, 0.6) is 5.88 Å². The molecule has 0 atom stereocenters. The van der Waals surface area contributed by atoms with Crippen molar-refractivity contribution in [1.29, 1.82) is 0 Å². The molecule has 1 aliphatic carbocycles. The minimum absolute atomic E-state index is 0.292. The van der Waals surface area contributed by atoms with Crippen molar-refractivity contribution < 1.29 is 9.53 Å². The lowest BCUT2D eigenvalue weighted by atomic mass is 10.3. The molecule has 0 bridgehead atoms. The van der Waals surface area contributed by atoms with Gasteiger partial charge in [-0.15, -0.1) is 0 Å². The highest BCUT2D eigenvalue weighted by molar-refractivity contribution is 9.10. The Kier molecular flexibility index (Phi) is 4.28. The summed E-state index contributed by atoms with van der Waals surface area (Å²) in [4.78, 5) is 25.0. The molecule has 1 saturated heterocycles. The maximum atomic E-state index is 12.2. The van der Waals surface area contributed by atoms with Gasteiger partial charge in [0.2, 0.25) is 17.7 Å². The highest BCUT2D eigenvalue weighted by atomic mass is 79.9. The third-order valence-corrected chi connectivity index (χ3v) is 4.45. The number of anilines is 1. The fourth-order valence-electron chi connectivity index (χ4n) is 2.56. The number of hydrogen-bond acceptors (Lipinski definition) is 5. The Morgan fingerprint density at radius 1 is 1.33 bits per heavy atom. The van der Waals surface area contributed by atoms with E-state index in [1.54, 1.807) is 13.3 Å². The monoisotopic (exact) mass is 354 g/mol. The summed E-state index contributed by atoms with van der Waals surface area (Å²) in [5.74, 6) is 1.82. The van der Waals surface area contributed by atoms with Crippen LogP contribution < -0.4 is 9.64 Å². The molecule has 1 saturated carbocycles. The molecule has 7 heteroatoms. The van der Waals surface area contributed by atoms with Gasteiger partial charge in [0.15, 0.2) is 0 Å². The number of amides is 1. The van der Waals surface area contributed by atoms with Crippen LogP contribution in [0.1, 0.15) is 19.3 Å². The van der Waals surface area contributed by atoms with Gasteiger partial charge in [-0.25, -0.2) is 4.98 Å². The first-order valence-electron chi connectivity index (χ1n) is 7.29. The van der Waals surface area contributed by atoms with Crippen LogP contribution in [-0.2, 0) is 4.79 Å². The van der Waals surface area contributed by atoms with Crippen LogP contribution in [-0.4, -0.2) is 54.1 Å². The Balaban J connectivity index is 1.68. The first-order valence-corrected chi connectivity index (χ1v) is 8.08. The summed E-state index contributed by atoms with van der Waals surface area (Å²) in [6.45, 7) is 3.21. The Morgan fingerprint density at radius 3 is 2.86 bits per heavy atom. The number of carbonyl (C=O) groups is 1. The van der Waals surface area contributed by atoms with Crippen molar-refractivity contribution in [2.24, 2.45) is 5.92 Å². The Labute approximate surface area is 132 Å². The highest BCUT2D eigenvalue weighted by Crippen LogP contribution is 2.31. The van der Waals surface area contributed by atoms with Gasteiger partial charge in [0.1, 0.15) is 0 Å². The van der Waals surface area contributed by atoms with E-state index in [1.165, 1.54) is 0 Å². The second kappa shape index (κ2) is 6.17. The fraction of sp³-hybridized carbons (Fsp3) is 0.643. The van der Waals surface area contributed by atoms with Gasteiger partial charge in [-0.1, -0.05) is 0 Å². The van der Waals surface area contributed by atoms with Crippen LogP contribution in [0.2, 0.25) is 0 Å². The van der Waals surface area contributed by atoms with Crippen molar-refractivity contribution in [2.45, 2.75) is 19.3 Å². The van der Waals surface area contributed by atoms with E-state index in [0.29, 0.717) is 23.7 Å². The molecule has 1 aromatic heterocycles. The zero-order chi connectivity index (χ0) is 14.8. The van der Waals surface area contributed by atoms with E-state index in [2.05, 4.69) is 30.8 Å². The lowest BCUT2D eigenvalue weighted by Gasteiger charge is -2.22. The topological polar surface area (TPSA) is 58.6 Å². The van der Waals surface area contributed by atoms with Gasteiger partial charge in [-0.05, 0) is 35.2 Å². The molecule has 6 nitrogen and oxygen atoms in total. The molecule has 2 heterocycles. The molecular formula is C14H19BrN4O2. The van der Waals surface area contributed by atoms with Crippen LogP contribution in [0.25, 0.3) is 0 Å². The molecule has 0 radical (unpaired) electrons. The maximum absolute atomic E-state index is 12.2. The molecule has 2 aliphatic rings. The number of halogens is 1. The molecule has 114 valence electrons. The van der Waals surface area contributed by atoms with E-state index >= 15 is 0 Å². The lowest BCUT2D eigenvalue weighted by molar-refractivity contribution is -0.132. The first-order chi connectivity index (χ1) is 10.2. The second-order valence-electron chi connectivity index (χ2n) is 5.47. The third kappa shape index (κ3) is 3.28. The van der Waals surface area contributed by atoms with Gasteiger partial charge in [0.25, 0.3) is 0 Å². The summed E-state index contributed by atoms with van der Waals surface area (Å²) in [6, 6.07) is 0. The zero-order valence-electron chi connectivity index (χ0n) is 12.1.